The summed E-state index contributed by atoms with van der Waals surface area (Å²) in [6.07, 6.45) is 3.49. The van der Waals surface area contributed by atoms with Gasteiger partial charge in [-0.1, -0.05) is 6.07 Å². The van der Waals surface area contributed by atoms with E-state index in [4.69, 9.17) is 4.74 Å². The molecule has 0 saturated carbocycles. The summed E-state index contributed by atoms with van der Waals surface area (Å²) in [5.41, 5.74) is 2.23. The van der Waals surface area contributed by atoms with E-state index in [2.05, 4.69) is 20.4 Å². The Labute approximate surface area is 180 Å². The third-order valence-electron chi connectivity index (χ3n) is 4.50. The molecule has 31 heavy (non-hydrogen) atoms. The van der Waals surface area contributed by atoms with Gasteiger partial charge in [-0.25, -0.2) is 9.67 Å². The predicted molar refractivity (Wildman–Crippen MR) is 119 cm³/mol. The molecular formula is C23H22N6O2. The fraction of sp³-hybridized carbons (Fsp3) is 0.130. The number of nitrogens with zero attached hydrogens (tertiary/aromatic N) is 5. The molecule has 0 bridgehead atoms. The Bertz CT molecular complexity index is 1190. The molecule has 0 aliphatic rings. The molecule has 4 aromatic rings. The Morgan fingerprint density at radius 1 is 1.03 bits per heavy atom. The summed E-state index contributed by atoms with van der Waals surface area (Å²) in [4.78, 5) is 23.2. The Kier molecular flexibility index (Phi) is 5.61. The van der Waals surface area contributed by atoms with Gasteiger partial charge in [0, 0.05) is 49.5 Å². The molecule has 0 aliphatic carbocycles. The average Bonchev–Trinajstić information content (AvgIpc) is 3.30. The van der Waals surface area contributed by atoms with Gasteiger partial charge in [-0.15, -0.1) is 0 Å². The standard InChI is InChI=1S/C23H22N6O2/c1-16-25-21(29-13-5-12-24-29)15-22(26-16)31-20-10-8-18(9-11-20)27-23(30)17-6-4-7-19(14-17)28(2)3/h4-15H,1-3H3,(H,27,30). The van der Waals surface area contributed by atoms with Crippen LogP contribution >= 0.6 is 0 Å². The molecule has 0 saturated heterocycles. The molecule has 4 rings (SSSR count). The number of benzene rings is 2. The van der Waals surface area contributed by atoms with Gasteiger partial charge in [-0.05, 0) is 55.5 Å². The zero-order valence-corrected chi connectivity index (χ0v) is 17.5. The van der Waals surface area contributed by atoms with Gasteiger partial charge in [0.15, 0.2) is 5.82 Å². The van der Waals surface area contributed by atoms with Gasteiger partial charge in [0.1, 0.15) is 11.6 Å². The fourth-order valence-corrected chi connectivity index (χ4v) is 2.95. The first-order valence-corrected chi connectivity index (χ1v) is 9.70. The predicted octanol–water partition coefficient (Wildman–Crippen LogP) is 4.08. The second kappa shape index (κ2) is 8.66. The van der Waals surface area contributed by atoms with E-state index >= 15 is 0 Å². The Balaban J connectivity index is 1.45. The second-order valence-electron chi connectivity index (χ2n) is 7.09. The highest BCUT2D eigenvalue weighted by molar-refractivity contribution is 6.04. The number of nitrogens with one attached hydrogen (secondary N) is 1. The van der Waals surface area contributed by atoms with Crippen LogP contribution in [0.1, 0.15) is 16.2 Å². The molecule has 156 valence electrons. The molecule has 0 spiro atoms. The molecule has 0 aliphatic heterocycles. The van der Waals surface area contributed by atoms with E-state index < -0.39 is 0 Å². The van der Waals surface area contributed by atoms with Gasteiger partial charge in [0.2, 0.25) is 5.88 Å². The first kappa shape index (κ1) is 20.1. The van der Waals surface area contributed by atoms with Crippen molar-refractivity contribution in [3.63, 3.8) is 0 Å². The fourth-order valence-electron chi connectivity index (χ4n) is 2.95. The van der Waals surface area contributed by atoms with Crippen LogP contribution in [0.5, 0.6) is 11.6 Å². The summed E-state index contributed by atoms with van der Waals surface area (Å²) >= 11 is 0. The van der Waals surface area contributed by atoms with Crippen LogP contribution in [-0.4, -0.2) is 39.8 Å². The topological polar surface area (TPSA) is 85.2 Å². The van der Waals surface area contributed by atoms with Crippen molar-refractivity contribution in [3.05, 3.63) is 84.4 Å². The lowest BCUT2D eigenvalue weighted by Crippen LogP contribution is -2.14. The van der Waals surface area contributed by atoms with Crippen molar-refractivity contribution in [1.29, 1.82) is 0 Å². The first-order valence-electron chi connectivity index (χ1n) is 9.70. The minimum atomic E-state index is -0.173. The van der Waals surface area contributed by atoms with E-state index in [1.165, 1.54) is 0 Å². The number of carbonyl (C=O) groups is 1. The Morgan fingerprint density at radius 2 is 1.84 bits per heavy atom. The van der Waals surface area contributed by atoms with Crippen molar-refractivity contribution in [1.82, 2.24) is 19.7 Å². The van der Waals surface area contributed by atoms with Crippen molar-refractivity contribution in [2.45, 2.75) is 6.92 Å². The zero-order chi connectivity index (χ0) is 21.8. The number of rotatable bonds is 6. The van der Waals surface area contributed by atoms with Crippen LogP contribution in [0.3, 0.4) is 0 Å². The van der Waals surface area contributed by atoms with Gasteiger partial charge >= 0.3 is 0 Å². The summed E-state index contributed by atoms with van der Waals surface area (Å²) in [5.74, 6) is 2.03. The number of aromatic nitrogens is 4. The molecule has 0 fully saturated rings. The number of anilines is 2. The summed E-state index contributed by atoms with van der Waals surface area (Å²) in [7, 11) is 3.87. The molecule has 2 heterocycles. The van der Waals surface area contributed by atoms with Crippen molar-refractivity contribution in [2.75, 3.05) is 24.3 Å². The van der Waals surface area contributed by atoms with Crippen LogP contribution in [0.15, 0.2) is 73.1 Å². The Morgan fingerprint density at radius 3 is 2.55 bits per heavy atom. The number of amides is 1. The van der Waals surface area contributed by atoms with E-state index in [-0.39, 0.29) is 5.91 Å². The molecule has 2 aromatic carbocycles. The quantitative estimate of drug-likeness (QED) is 0.512. The highest BCUT2D eigenvalue weighted by atomic mass is 16.5. The molecule has 8 heteroatoms. The number of carbonyl (C=O) groups excluding carboxylic acids is 1. The van der Waals surface area contributed by atoms with E-state index in [1.807, 2.05) is 43.3 Å². The molecular weight excluding hydrogens is 392 g/mol. The van der Waals surface area contributed by atoms with E-state index in [9.17, 15) is 4.79 Å². The first-order chi connectivity index (χ1) is 15.0. The van der Waals surface area contributed by atoms with Crippen molar-refractivity contribution >= 4 is 17.3 Å². The maximum absolute atomic E-state index is 12.6. The average molecular weight is 414 g/mol. The smallest absolute Gasteiger partial charge is 0.255 e. The lowest BCUT2D eigenvalue weighted by Gasteiger charge is -2.13. The Hall–Kier alpha value is -4.20. The monoisotopic (exact) mass is 414 g/mol. The normalized spacial score (nSPS) is 10.5. The number of hydrogen-bond acceptors (Lipinski definition) is 6. The zero-order valence-electron chi connectivity index (χ0n) is 17.5. The molecule has 2 aromatic heterocycles. The van der Waals surface area contributed by atoms with Crippen LogP contribution in [0, 0.1) is 6.92 Å². The van der Waals surface area contributed by atoms with Gasteiger partial charge < -0.3 is 15.0 Å². The SMILES string of the molecule is Cc1nc(Oc2ccc(NC(=O)c3cccc(N(C)C)c3)cc2)cc(-n2cccn2)n1. The van der Waals surface area contributed by atoms with Gasteiger partial charge in [-0.3, -0.25) is 4.79 Å². The maximum atomic E-state index is 12.6. The van der Waals surface area contributed by atoms with E-state index in [0.29, 0.717) is 34.5 Å². The van der Waals surface area contributed by atoms with Crippen LogP contribution in [0.4, 0.5) is 11.4 Å². The second-order valence-corrected chi connectivity index (χ2v) is 7.09. The minimum absolute atomic E-state index is 0.173. The van der Waals surface area contributed by atoms with Crippen LogP contribution in [0.25, 0.3) is 5.82 Å². The summed E-state index contributed by atoms with van der Waals surface area (Å²) in [5, 5.41) is 7.08. The van der Waals surface area contributed by atoms with Crippen LogP contribution in [-0.2, 0) is 0 Å². The van der Waals surface area contributed by atoms with Gasteiger partial charge in [-0.2, -0.15) is 10.1 Å². The number of aryl methyl sites for hydroxylation is 1. The third kappa shape index (κ3) is 4.87. The van der Waals surface area contributed by atoms with E-state index in [1.54, 1.807) is 60.4 Å². The molecule has 0 unspecified atom stereocenters. The number of ether oxygens (including phenoxy) is 1. The lowest BCUT2D eigenvalue weighted by atomic mass is 10.1. The molecule has 1 N–H and O–H groups in total. The highest BCUT2D eigenvalue weighted by Crippen LogP contribution is 2.23. The highest BCUT2D eigenvalue weighted by Gasteiger charge is 2.09. The molecule has 1 amide bonds. The molecule has 0 radical (unpaired) electrons. The summed E-state index contributed by atoms with van der Waals surface area (Å²) < 4.78 is 7.52. The maximum Gasteiger partial charge on any atom is 0.255 e. The van der Waals surface area contributed by atoms with Gasteiger partial charge in [0.05, 0.1) is 0 Å². The van der Waals surface area contributed by atoms with Crippen molar-refractivity contribution in [3.8, 4) is 17.4 Å². The molecule has 8 nitrogen and oxygen atoms in total. The lowest BCUT2D eigenvalue weighted by molar-refractivity contribution is 0.102. The third-order valence-corrected chi connectivity index (χ3v) is 4.50. The molecule has 0 atom stereocenters. The largest absolute Gasteiger partial charge is 0.439 e. The number of hydrogen-bond donors (Lipinski definition) is 1. The van der Waals surface area contributed by atoms with E-state index in [0.717, 1.165) is 5.69 Å². The van der Waals surface area contributed by atoms with Crippen molar-refractivity contribution in [2.24, 2.45) is 0 Å². The van der Waals surface area contributed by atoms with Crippen molar-refractivity contribution < 1.29 is 9.53 Å². The van der Waals surface area contributed by atoms with Crippen LogP contribution < -0.4 is 15.0 Å². The summed E-state index contributed by atoms with van der Waals surface area (Å²) in [6.45, 7) is 1.80. The minimum Gasteiger partial charge on any atom is -0.439 e. The van der Waals surface area contributed by atoms with Gasteiger partial charge in [0.25, 0.3) is 5.91 Å². The summed E-state index contributed by atoms with van der Waals surface area (Å²) in [6, 6.07) is 18.1. The van der Waals surface area contributed by atoms with Crippen LogP contribution in [0.2, 0.25) is 0 Å².